The highest BCUT2D eigenvalue weighted by atomic mass is 19.1. The maximum absolute atomic E-state index is 14.0. The quantitative estimate of drug-likeness (QED) is 0.680. The Labute approximate surface area is 117 Å². The fraction of sp³-hybridized carbons (Fsp3) is 0.571. The summed E-state index contributed by atoms with van der Waals surface area (Å²) in [5, 5.41) is 20.7. The molecular weight excluding hydrogens is 263 g/mol. The second kappa shape index (κ2) is 6.28. The second-order valence-corrected chi connectivity index (χ2v) is 5.34. The van der Waals surface area contributed by atoms with E-state index in [9.17, 15) is 19.6 Å². The van der Waals surface area contributed by atoms with Gasteiger partial charge in [-0.05, 0) is 19.9 Å². The summed E-state index contributed by atoms with van der Waals surface area (Å²) < 4.78 is 14.0. The molecule has 0 bridgehead atoms. The topological polar surface area (TPSA) is 66.6 Å². The van der Waals surface area contributed by atoms with Crippen molar-refractivity contribution < 1.29 is 14.4 Å². The zero-order valence-corrected chi connectivity index (χ0v) is 11.5. The first kappa shape index (κ1) is 14.9. The first-order valence-corrected chi connectivity index (χ1v) is 6.80. The number of likely N-dealkylation sites (N-methyl/N-ethyl adjacent to an activating group) is 1. The third-order valence-corrected chi connectivity index (χ3v) is 3.93. The van der Waals surface area contributed by atoms with Gasteiger partial charge in [0.2, 0.25) is 5.82 Å². The van der Waals surface area contributed by atoms with Gasteiger partial charge in [0.05, 0.1) is 11.0 Å². The molecule has 1 aromatic carbocycles. The summed E-state index contributed by atoms with van der Waals surface area (Å²) in [4.78, 5) is 11.9. The maximum Gasteiger partial charge on any atom is 0.305 e. The van der Waals surface area contributed by atoms with Crippen LogP contribution in [0.5, 0.6) is 0 Å². The molecule has 5 nitrogen and oxygen atoms in total. The smallest absolute Gasteiger partial charge is 0.305 e. The van der Waals surface area contributed by atoms with E-state index in [1.807, 2.05) is 11.9 Å². The van der Waals surface area contributed by atoms with E-state index >= 15 is 0 Å². The predicted molar refractivity (Wildman–Crippen MR) is 72.8 cm³/mol. The average Bonchev–Trinajstić information content (AvgIpc) is 2.41. The van der Waals surface area contributed by atoms with Crippen LogP contribution in [-0.2, 0) is 6.54 Å². The van der Waals surface area contributed by atoms with E-state index in [2.05, 4.69) is 0 Å². The number of halogens is 1. The third-order valence-electron chi connectivity index (χ3n) is 3.93. The largest absolute Gasteiger partial charge is 0.391 e. The van der Waals surface area contributed by atoms with E-state index < -0.39 is 22.5 Å². The van der Waals surface area contributed by atoms with Crippen molar-refractivity contribution in [1.82, 2.24) is 4.90 Å². The van der Waals surface area contributed by atoms with Crippen LogP contribution in [0.15, 0.2) is 18.2 Å². The molecule has 0 radical (unpaired) electrons. The molecule has 1 N–H and O–H groups in total. The molecule has 0 aliphatic heterocycles. The lowest BCUT2D eigenvalue weighted by atomic mass is 9.91. The van der Waals surface area contributed by atoms with Gasteiger partial charge in [0, 0.05) is 24.2 Å². The van der Waals surface area contributed by atoms with Gasteiger partial charge >= 0.3 is 5.69 Å². The highest BCUT2D eigenvalue weighted by molar-refractivity contribution is 5.36. The first-order valence-electron chi connectivity index (χ1n) is 6.80. The van der Waals surface area contributed by atoms with E-state index in [-0.39, 0.29) is 12.6 Å². The van der Waals surface area contributed by atoms with Crippen LogP contribution in [-0.4, -0.2) is 34.1 Å². The molecule has 0 aromatic heterocycles. The van der Waals surface area contributed by atoms with Gasteiger partial charge < -0.3 is 5.11 Å². The van der Waals surface area contributed by atoms with Gasteiger partial charge in [0.1, 0.15) is 0 Å². The van der Waals surface area contributed by atoms with Crippen LogP contribution >= 0.6 is 0 Å². The Kier molecular flexibility index (Phi) is 4.67. The zero-order chi connectivity index (χ0) is 14.7. The molecule has 0 spiro atoms. The van der Waals surface area contributed by atoms with E-state index in [4.69, 9.17) is 0 Å². The van der Waals surface area contributed by atoms with Crippen LogP contribution < -0.4 is 0 Å². The molecule has 2 unspecified atom stereocenters. The highest BCUT2D eigenvalue weighted by Crippen LogP contribution is 2.26. The summed E-state index contributed by atoms with van der Waals surface area (Å²) in [5.74, 6) is -0.783. The number of aliphatic hydroxyl groups is 1. The molecule has 2 rings (SSSR count). The standard InChI is InChI=1S/C14H19FN2O3/c1-16(11-6-2-3-8-13(11)18)9-10-5-4-7-12(14(10)15)17(19)20/h4-5,7,11,13,18H,2-3,6,8-9H2,1H3. The number of benzene rings is 1. The van der Waals surface area contributed by atoms with Crippen LogP contribution in [0.2, 0.25) is 0 Å². The average molecular weight is 282 g/mol. The number of hydrogen-bond donors (Lipinski definition) is 1. The van der Waals surface area contributed by atoms with Gasteiger partial charge in [-0.15, -0.1) is 0 Å². The number of nitrogens with zero attached hydrogens (tertiary/aromatic N) is 2. The van der Waals surface area contributed by atoms with Crippen LogP contribution in [0, 0.1) is 15.9 Å². The summed E-state index contributed by atoms with van der Waals surface area (Å²) in [6.07, 6.45) is 3.27. The van der Waals surface area contributed by atoms with Crippen molar-refractivity contribution in [2.75, 3.05) is 7.05 Å². The lowest BCUT2D eigenvalue weighted by molar-refractivity contribution is -0.387. The Hall–Kier alpha value is -1.53. The maximum atomic E-state index is 14.0. The predicted octanol–water partition coefficient (Wildman–Crippen LogP) is 2.47. The Morgan fingerprint density at radius 3 is 2.80 bits per heavy atom. The number of nitro benzene ring substituents is 1. The van der Waals surface area contributed by atoms with Crippen LogP contribution in [0.4, 0.5) is 10.1 Å². The van der Waals surface area contributed by atoms with Crippen molar-refractivity contribution in [3.63, 3.8) is 0 Å². The summed E-state index contributed by atoms with van der Waals surface area (Å²) in [5.41, 5.74) is -0.209. The molecule has 1 aromatic rings. The van der Waals surface area contributed by atoms with Crippen LogP contribution in [0.25, 0.3) is 0 Å². The molecule has 1 aliphatic rings. The molecule has 110 valence electrons. The van der Waals surface area contributed by atoms with Crippen molar-refractivity contribution in [3.05, 3.63) is 39.7 Å². The minimum absolute atomic E-state index is 0.0117. The summed E-state index contributed by atoms with van der Waals surface area (Å²) >= 11 is 0. The third kappa shape index (κ3) is 3.13. The van der Waals surface area contributed by atoms with Gasteiger partial charge in [-0.1, -0.05) is 25.0 Å². The molecule has 1 fully saturated rings. The summed E-state index contributed by atoms with van der Waals surface area (Å²) in [7, 11) is 1.82. The fourth-order valence-corrected chi connectivity index (χ4v) is 2.82. The molecule has 2 atom stereocenters. The lowest BCUT2D eigenvalue weighted by Gasteiger charge is -2.35. The molecule has 20 heavy (non-hydrogen) atoms. The van der Waals surface area contributed by atoms with Crippen LogP contribution in [0.3, 0.4) is 0 Å². The number of hydrogen-bond acceptors (Lipinski definition) is 4. The molecule has 1 aliphatic carbocycles. The highest BCUT2D eigenvalue weighted by Gasteiger charge is 2.27. The van der Waals surface area contributed by atoms with Gasteiger partial charge in [-0.3, -0.25) is 15.0 Å². The molecule has 0 saturated heterocycles. The SMILES string of the molecule is CN(Cc1cccc([N+](=O)[O-])c1F)C1CCCCC1O. The molecule has 0 amide bonds. The summed E-state index contributed by atoms with van der Waals surface area (Å²) in [6, 6.07) is 4.19. The minimum atomic E-state index is -0.783. The van der Waals surface area contributed by atoms with Gasteiger partial charge in [-0.2, -0.15) is 4.39 Å². The number of aliphatic hydroxyl groups excluding tert-OH is 1. The number of nitro groups is 1. The molecular formula is C14H19FN2O3. The van der Waals surface area contributed by atoms with E-state index in [0.717, 1.165) is 31.7 Å². The Morgan fingerprint density at radius 1 is 1.45 bits per heavy atom. The van der Waals surface area contributed by atoms with Crippen molar-refractivity contribution >= 4 is 5.69 Å². The Balaban J connectivity index is 2.13. The van der Waals surface area contributed by atoms with Crippen molar-refractivity contribution in [2.45, 2.75) is 44.4 Å². The second-order valence-electron chi connectivity index (χ2n) is 5.34. The zero-order valence-electron chi connectivity index (χ0n) is 11.5. The lowest BCUT2D eigenvalue weighted by Crippen LogP contribution is -2.43. The van der Waals surface area contributed by atoms with Gasteiger partial charge in [0.15, 0.2) is 0 Å². The molecule has 6 heteroatoms. The molecule has 1 saturated carbocycles. The van der Waals surface area contributed by atoms with Crippen molar-refractivity contribution in [3.8, 4) is 0 Å². The van der Waals surface area contributed by atoms with Gasteiger partial charge in [0.25, 0.3) is 0 Å². The first-order chi connectivity index (χ1) is 9.50. The monoisotopic (exact) mass is 282 g/mol. The van der Waals surface area contributed by atoms with Gasteiger partial charge in [-0.25, -0.2) is 0 Å². The van der Waals surface area contributed by atoms with E-state index in [1.54, 1.807) is 6.07 Å². The van der Waals surface area contributed by atoms with Crippen LogP contribution in [0.1, 0.15) is 31.2 Å². The van der Waals surface area contributed by atoms with E-state index in [0.29, 0.717) is 5.56 Å². The normalized spacial score (nSPS) is 23.0. The number of rotatable bonds is 4. The van der Waals surface area contributed by atoms with E-state index in [1.165, 1.54) is 6.07 Å². The van der Waals surface area contributed by atoms with Crippen molar-refractivity contribution in [2.24, 2.45) is 0 Å². The van der Waals surface area contributed by atoms with Crippen molar-refractivity contribution in [1.29, 1.82) is 0 Å². The Morgan fingerprint density at radius 2 is 2.15 bits per heavy atom. The summed E-state index contributed by atoms with van der Waals surface area (Å²) in [6.45, 7) is 0.259. The Bertz CT molecular complexity index is 495. The molecule has 0 heterocycles. The minimum Gasteiger partial charge on any atom is -0.391 e. The fourth-order valence-electron chi connectivity index (χ4n) is 2.82.